The maximum atomic E-state index is 12.9. The molecule has 0 atom stereocenters. The van der Waals surface area contributed by atoms with E-state index in [2.05, 4.69) is 6.33 Å². The van der Waals surface area contributed by atoms with Crippen molar-refractivity contribution in [2.24, 2.45) is 0 Å². The van der Waals surface area contributed by atoms with Gasteiger partial charge in [0.2, 0.25) is 0 Å². The lowest BCUT2D eigenvalue weighted by atomic mass is 10.1. The van der Waals surface area contributed by atoms with Gasteiger partial charge < -0.3 is 0 Å². The Balaban J connectivity index is 7.14. The molecule has 0 aromatic heterocycles. The van der Waals surface area contributed by atoms with Crippen molar-refractivity contribution in [1.82, 2.24) is 8.94 Å². The molecule has 25 heavy (non-hydrogen) atoms. The van der Waals surface area contributed by atoms with E-state index in [0.29, 0.717) is 0 Å². The van der Waals surface area contributed by atoms with Crippen LogP contribution in [0.25, 0.3) is 0 Å². The molecule has 0 aromatic carbocycles. The van der Waals surface area contributed by atoms with Gasteiger partial charge in [-0.1, -0.05) is 17.6 Å². The second-order valence-electron chi connectivity index (χ2n) is 4.18. The van der Waals surface area contributed by atoms with E-state index in [0.717, 1.165) is 59.9 Å². The molecule has 0 aromatic rings. The lowest BCUT2D eigenvalue weighted by Gasteiger charge is -2.43. The van der Waals surface area contributed by atoms with E-state index in [1.807, 2.05) is 0 Å². The fourth-order valence-corrected chi connectivity index (χ4v) is 6.40. The first kappa shape index (κ1) is 25.8. The van der Waals surface area contributed by atoms with Crippen LogP contribution in [-0.2, 0) is 26.4 Å². The van der Waals surface area contributed by atoms with Gasteiger partial charge in [-0.3, -0.25) is 0 Å². The molecule has 0 fully saturated rings. The normalized spacial score (nSPS) is 15.2. The fourth-order valence-electron chi connectivity index (χ4n) is 1.74. The topological polar surface area (TPSA) is 93.2 Å². The molecular formula is C7H10F6I2N2O6S2. The maximum absolute atomic E-state index is 12.9. The summed E-state index contributed by atoms with van der Waals surface area (Å²) in [6, 6.07) is 0. The zero-order valence-corrected chi connectivity index (χ0v) is 18.0. The van der Waals surface area contributed by atoms with Crippen LogP contribution < -0.4 is 0 Å². The third-order valence-electron chi connectivity index (χ3n) is 2.96. The van der Waals surface area contributed by atoms with Crippen molar-refractivity contribution in [2.45, 2.75) is 43.4 Å². The molecule has 0 rings (SSSR count). The van der Waals surface area contributed by atoms with Gasteiger partial charge in [-0.25, -0.2) is 23.2 Å². The van der Waals surface area contributed by atoms with Crippen LogP contribution in [0.2, 0.25) is 0 Å². The average molecular weight is 650 g/mol. The van der Waals surface area contributed by atoms with Gasteiger partial charge >= 0.3 is 31.1 Å². The molecule has 18 heteroatoms. The first-order chi connectivity index (χ1) is 11.0. The zero-order valence-electron chi connectivity index (χ0n) is 12.1. The Labute approximate surface area is 167 Å². The summed E-state index contributed by atoms with van der Waals surface area (Å²) in [7, 11) is -14.0. The fraction of sp³-hybridized carbons (Fsp3) is 1.00. The minimum absolute atomic E-state index is 0.0826. The first-order valence-corrected chi connectivity index (χ1v) is 10.5. The Morgan fingerprint density at radius 2 is 1.08 bits per heavy atom. The van der Waals surface area contributed by atoms with Gasteiger partial charge in [-0.15, -0.1) is 0 Å². The highest BCUT2D eigenvalue weighted by atomic mass is 127. The molecule has 0 heterocycles. The summed E-state index contributed by atoms with van der Waals surface area (Å²) >= 11 is 1.94. The molecule has 0 saturated carbocycles. The monoisotopic (exact) mass is 650 g/mol. The quantitative estimate of drug-likeness (QED) is 0.172. The summed E-state index contributed by atoms with van der Waals surface area (Å²) < 4.78 is 132. The number of hydroxylamine groups is 2. The van der Waals surface area contributed by atoms with E-state index in [1.54, 1.807) is 0 Å². The molecule has 0 radical (unpaired) electrons. The highest BCUT2D eigenvalue weighted by Gasteiger charge is 2.69. The standard InChI is InChI=1S/C7H10F6I2N2O6S2/c1-3-5(4-2,16(22-14)23-15)17(24(18,19)6(8,9)10)25(20,21)7(11,12)13/h3-4H2,1-2H3. The Morgan fingerprint density at radius 3 is 1.24 bits per heavy atom. The van der Waals surface area contributed by atoms with Crippen molar-refractivity contribution < 1.29 is 49.5 Å². The predicted octanol–water partition coefficient (Wildman–Crippen LogP) is 3.37. The molecule has 152 valence electrons. The van der Waals surface area contributed by atoms with E-state index in [9.17, 15) is 43.2 Å². The Morgan fingerprint density at radius 1 is 0.800 bits per heavy atom. The van der Waals surface area contributed by atoms with Crippen molar-refractivity contribution in [3.8, 4) is 0 Å². The summed E-state index contributed by atoms with van der Waals surface area (Å²) in [5.74, 6) is 0. The smallest absolute Gasteiger partial charge is 0.202 e. The summed E-state index contributed by atoms with van der Waals surface area (Å²) in [6.45, 7) is 1.90. The largest absolute Gasteiger partial charge is 0.512 e. The molecule has 0 aliphatic carbocycles. The molecule has 0 spiro atoms. The van der Waals surface area contributed by atoms with Crippen molar-refractivity contribution >= 4 is 66.1 Å². The van der Waals surface area contributed by atoms with Crippen LogP contribution in [0.5, 0.6) is 0 Å². The van der Waals surface area contributed by atoms with Crippen LogP contribution in [0.1, 0.15) is 26.7 Å². The second-order valence-corrected chi connectivity index (χ2v) is 8.76. The lowest BCUT2D eigenvalue weighted by molar-refractivity contribution is -0.294. The number of halogens is 8. The molecule has 0 aliphatic heterocycles. The molecule has 8 nitrogen and oxygen atoms in total. The van der Waals surface area contributed by atoms with Crippen LogP contribution in [-0.4, -0.2) is 42.5 Å². The van der Waals surface area contributed by atoms with Crippen LogP contribution in [0.15, 0.2) is 0 Å². The SMILES string of the molecule is CCC(CC)(N(OI)OI)N(S(=O)(=O)C(F)(F)F)S(=O)(=O)C(F)(F)F. The summed E-state index contributed by atoms with van der Waals surface area (Å²) in [4.78, 5) is 0. The molecule has 0 amide bonds. The molecule has 0 N–H and O–H groups in total. The molecule has 0 bridgehead atoms. The van der Waals surface area contributed by atoms with Crippen LogP contribution >= 0.6 is 46.0 Å². The number of nitrogens with zero attached hydrogens (tertiary/aromatic N) is 2. The van der Waals surface area contributed by atoms with Gasteiger partial charge in [0, 0.05) is 0 Å². The summed E-state index contributed by atoms with van der Waals surface area (Å²) in [6.07, 6.45) is -1.75. The van der Waals surface area contributed by atoms with E-state index in [-0.39, 0.29) is 5.23 Å². The number of sulfonamides is 2. The van der Waals surface area contributed by atoms with Crippen molar-refractivity contribution in [2.75, 3.05) is 0 Å². The Hall–Kier alpha value is 0.780. The van der Waals surface area contributed by atoms with Crippen molar-refractivity contribution in [3.63, 3.8) is 0 Å². The van der Waals surface area contributed by atoms with E-state index < -0.39 is 53.3 Å². The summed E-state index contributed by atoms with van der Waals surface area (Å²) in [5.41, 5.74) is -15.7. The summed E-state index contributed by atoms with van der Waals surface area (Å²) in [5, 5.41) is -0.0826. The van der Waals surface area contributed by atoms with E-state index >= 15 is 0 Å². The van der Waals surface area contributed by atoms with Gasteiger partial charge in [0.1, 0.15) is 46.0 Å². The molecule has 0 unspecified atom stereocenters. The van der Waals surface area contributed by atoms with Gasteiger partial charge in [0.05, 0.1) is 0 Å². The van der Waals surface area contributed by atoms with Crippen LogP contribution in [0, 0.1) is 0 Å². The molecule has 0 saturated heterocycles. The zero-order chi connectivity index (χ0) is 20.5. The van der Waals surface area contributed by atoms with Gasteiger partial charge in [-0.05, 0) is 18.1 Å². The highest BCUT2D eigenvalue weighted by molar-refractivity contribution is 14.1. The number of rotatable bonds is 8. The third kappa shape index (κ3) is 4.62. The number of alkyl halides is 6. The maximum Gasteiger partial charge on any atom is 0.512 e. The van der Waals surface area contributed by atoms with Crippen LogP contribution in [0.4, 0.5) is 26.3 Å². The molecule has 0 aliphatic rings. The predicted molar refractivity (Wildman–Crippen MR) is 87.2 cm³/mol. The van der Waals surface area contributed by atoms with Crippen LogP contribution in [0.3, 0.4) is 0 Å². The van der Waals surface area contributed by atoms with Crippen molar-refractivity contribution in [3.05, 3.63) is 0 Å². The minimum atomic E-state index is -7.01. The van der Waals surface area contributed by atoms with E-state index in [1.165, 1.54) is 0 Å². The van der Waals surface area contributed by atoms with Gasteiger partial charge in [0.25, 0.3) is 0 Å². The number of hydrogen-bond donors (Lipinski definition) is 0. The lowest BCUT2D eigenvalue weighted by Crippen LogP contribution is -2.66. The minimum Gasteiger partial charge on any atom is -0.202 e. The van der Waals surface area contributed by atoms with Crippen molar-refractivity contribution in [1.29, 1.82) is 0 Å². The Kier molecular flexibility index (Phi) is 8.69. The Bertz CT molecular complexity index is 614. The van der Waals surface area contributed by atoms with Gasteiger partial charge in [0.15, 0.2) is 5.66 Å². The average Bonchev–Trinajstić information content (AvgIpc) is 2.44. The van der Waals surface area contributed by atoms with E-state index in [4.69, 9.17) is 0 Å². The highest BCUT2D eigenvalue weighted by Crippen LogP contribution is 2.44. The van der Waals surface area contributed by atoms with Gasteiger partial charge in [-0.2, -0.15) is 26.3 Å². The second kappa shape index (κ2) is 8.43. The number of hydrogen-bond acceptors (Lipinski definition) is 7. The first-order valence-electron chi connectivity index (χ1n) is 5.82. The third-order valence-corrected chi connectivity index (χ3v) is 7.58. The molecular weight excluding hydrogens is 640 g/mol.